The standard InChI is InChI=1S/C25H35NO4/c27-24-18-12-5-3-1-2-4-6-13-19-26(20-14-7-8-15-21-29-24)25(28)30-22-23-16-10-9-11-17-23/h9-11,16-17H,1-8,12,14-15,18,20-22H2. The first kappa shape index (κ1) is 23.8. The van der Waals surface area contributed by atoms with Crippen molar-refractivity contribution in [2.45, 2.75) is 83.7 Å². The number of carbonyl (C=O) groups excluding carboxylic acids is 2. The van der Waals surface area contributed by atoms with Crippen molar-refractivity contribution in [1.29, 1.82) is 0 Å². The first-order valence-corrected chi connectivity index (χ1v) is 11.4. The molecule has 0 aromatic heterocycles. The van der Waals surface area contributed by atoms with Gasteiger partial charge in [0.1, 0.15) is 6.61 Å². The summed E-state index contributed by atoms with van der Waals surface area (Å²) in [5.74, 6) is 3.07. The maximum atomic E-state index is 12.5. The van der Waals surface area contributed by atoms with Gasteiger partial charge in [0.25, 0.3) is 0 Å². The topological polar surface area (TPSA) is 55.8 Å². The number of carbonyl (C=O) groups is 2. The van der Waals surface area contributed by atoms with E-state index in [-0.39, 0.29) is 18.7 Å². The molecule has 0 radical (unpaired) electrons. The monoisotopic (exact) mass is 413 g/mol. The summed E-state index contributed by atoms with van der Waals surface area (Å²) in [6.07, 6.45) is 11.0. The molecule has 164 valence electrons. The maximum Gasteiger partial charge on any atom is 0.421 e. The highest BCUT2D eigenvalue weighted by atomic mass is 16.6. The van der Waals surface area contributed by atoms with Gasteiger partial charge in [0.15, 0.2) is 0 Å². The summed E-state index contributed by atoms with van der Waals surface area (Å²) in [5.41, 5.74) is 0.964. The fraction of sp³-hybridized carbons (Fsp3) is 0.600. The van der Waals surface area contributed by atoms with E-state index in [1.165, 1.54) is 4.90 Å². The number of esters is 1. The summed E-state index contributed by atoms with van der Waals surface area (Å²) < 4.78 is 10.8. The molecule has 0 unspecified atom stereocenters. The van der Waals surface area contributed by atoms with Gasteiger partial charge in [0.05, 0.1) is 6.61 Å². The molecule has 1 aromatic carbocycles. The SMILES string of the molecule is O=C1CCCCCCCCC#CN(C(=O)OCc2ccccc2)CCCCCCO1. The van der Waals surface area contributed by atoms with E-state index < -0.39 is 0 Å². The van der Waals surface area contributed by atoms with Gasteiger partial charge in [-0.15, -0.1) is 0 Å². The number of cyclic esters (lactones) is 1. The zero-order valence-corrected chi connectivity index (χ0v) is 18.1. The van der Waals surface area contributed by atoms with Crippen LogP contribution in [0.2, 0.25) is 0 Å². The highest BCUT2D eigenvalue weighted by Crippen LogP contribution is 2.10. The van der Waals surface area contributed by atoms with Crippen molar-refractivity contribution in [3.8, 4) is 12.0 Å². The molecule has 1 aliphatic rings. The first-order chi connectivity index (χ1) is 14.8. The average Bonchev–Trinajstić information content (AvgIpc) is 2.76. The van der Waals surface area contributed by atoms with E-state index in [9.17, 15) is 9.59 Å². The van der Waals surface area contributed by atoms with E-state index in [2.05, 4.69) is 12.0 Å². The van der Waals surface area contributed by atoms with Gasteiger partial charge in [-0.3, -0.25) is 4.79 Å². The fourth-order valence-electron chi connectivity index (χ4n) is 3.31. The van der Waals surface area contributed by atoms with Crippen LogP contribution in [0.5, 0.6) is 0 Å². The molecular formula is C25H35NO4. The van der Waals surface area contributed by atoms with Gasteiger partial charge >= 0.3 is 12.1 Å². The number of nitrogens with zero attached hydrogens (tertiary/aromatic N) is 1. The van der Waals surface area contributed by atoms with E-state index >= 15 is 0 Å². The van der Waals surface area contributed by atoms with Crippen molar-refractivity contribution in [2.75, 3.05) is 13.2 Å². The maximum absolute atomic E-state index is 12.5. The highest BCUT2D eigenvalue weighted by Gasteiger charge is 2.13. The van der Waals surface area contributed by atoms with E-state index in [1.54, 1.807) is 0 Å². The molecule has 0 atom stereocenters. The van der Waals surface area contributed by atoms with E-state index in [0.29, 0.717) is 19.6 Å². The van der Waals surface area contributed by atoms with Gasteiger partial charge < -0.3 is 9.47 Å². The zero-order chi connectivity index (χ0) is 21.3. The fourth-order valence-corrected chi connectivity index (χ4v) is 3.31. The quantitative estimate of drug-likeness (QED) is 0.452. The Morgan fingerprint density at radius 3 is 2.47 bits per heavy atom. The Morgan fingerprint density at radius 1 is 0.933 bits per heavy atom. The predicted octanol–water partition coefficient (Wildman–Crippen LogP) is 5.82. The highest BCUT2D eigenvalue weighted by molar-refractivity contribution is 5.70. The van der Waals surface area contributed by atoms with Gasteiger partial charge in [-0.25, -0.2) is 9.69 Å². The lowest BCUT2D eigenvalue weighted by Crippen LogP contribution is -2.28. The molecule has 5 heteroatoms. The van der Waals surface area contributed by atoms with Crippen LogP contribution < -0.4 is 0 Å². The Balaban J connectivity index is 1.83. The van der Waals surface area contributed by atoms with Crippen molar-refractivity contribution in [1.82, 2.24) is 4.90 Å². The normalized spacial score (nSPS) is 18.0. The second-order valence-corrected chi connectivity index (χ2v) is 7.74. The minimum atomic E-state index is -0.383. The lowest BCUT2D eigenvalue weighted by Gasteiger charge is -2.16. The molecule has 0 spiro atoms. The smallest absolute Gasteiger partial charge is 0.421 e. The van der Waals surface area contributed by atoms with Crippen LogP contribution in [0.4, 0.5) is 4.79 Å². The number of benzene rings is 1. The van der Waals surface area contributed by atoms with Crippen molar-refractivity contribution < 1.29 is 19.1 Å². The molecule has 0 bridgehead atoms. The third kappa shape index (κ3) is 10.9. The van der Waals surface area contributed by atoms with Crippen LogP contribution in [0.1, 0.15) is 82.6 Å². The summed E-state index contributed by atoms with van der Waals surface area (Å²) in [4.78, 5) is 25.7. The second kappa shape index (κ2) is 15.4. The van der Waals surface area contributed by atoms with Crippen LogP contribution >= 0.6 is 0 Å². The molecule has 2 rings (SSSR count). The van der Waals surface area contributed by atoms with Crippen LogP contribution in [0.15, 0.2) is 30.3 Å². The molecule has 1 aromatic rings. The van der Waals surface area contributed by atoms with Crippen LogP contribution in [0.25, 0.3) is 0 Å². The molecule has 0 saturated carbocycles. The molecule has 0 aliphatic carbocycles. The van der Waals surface area contributed by atoms with Gasteiger partial charge in [-0.1, -0.05) is 68.4 Å². The number of rotatable bonds is 2. The van der Waals surface area contributed by atoms with Crippen molar-refractivity contribution in [3.05, 3.63) is 35.9 Å². The molecule has 1 aliphatic heterocycles. The Bertz CT molecular complexity index is 677. The lowest BCUT2D eigenvalue weighted by atomic mass is 10.1. The number of ether oxygens (including phenoxy) is 2. The van der Waals surface area contributed by atoms with Crippen LogP contribution in [0, 0.1) is 12.0 Å². The third-order valence-electron chi connectivity index (χ3n) is 5.11. The van der Waals surface area contributed by atoms with Gasteiger partial charge in [-0.05, 0) is 37.7 Å². The van der Waals surface area contributed by atoms with Gasteiger partial charge in [0.2, 0.25) is 0 Å². The molecule has 0 fully saturated rings. The Kier molecular flexibility index (Phi) is 12.2. The summed E-state index contributed by atoms with van der Waals surface area (Å²) >= 11 is 0. The Hall–Kier alpha value is -2.48. The number of hydrogen-bond donors (Lipinski definition) is 0. The average molecular weight is 414 g/mol. The van der Waals surface area contributed by atoms with E-state index in [1.807, 2.05) is 30.3 Å². The Morgan fingerprint density at radius 2 is 1.63 bits per heavy atom. The molecule has 1 amide bonds. The van der Waals surface area contributed by atoms with Gasteiger partial charge in [0, 0.05) is 25.4 Å². The summed E-state index contributed by atoms with van der Waals surface area (Å²) in [5, 5.41) is 0. The molecule has 0 N–H and O–H groups in total. The molecule has 0 saturated heterocycles. The minimum absolute atomic E-state index is 0.0753. The number of hydrogen-bond acceptors (Lipinski definition) is 4. The largest absolute Gasteiger partial charge is 0.466 e. The molecular weight excluding hydrogens is 378 g/mol. The first-order valence-electron chi connectivity index (χ1n) is 11.4. The zero-order valence-electron chi connectivity index (χ0n) is 18.1. The third-order valence-corrected chi connectivity index (χ3v) is 5.11. The van der Waals surface area contributed by atoms with E-state index in [4.69, 9.17) is 9.47 Å². The summed E-state index contributed by atoms with van der Waals surface area (Å²) in [6, 6.07) is 12.7. The van der Waals surface area contributed by atoms with Crippen LogP contribution in [-0.2, 0) is 20.9 Å². The Labute approximate surface area is 181 Å². The van der Waals surface area contributed by atoms with Gasteiger partial charge in [-0.2, -0.15) is 0 Å². The van der Waals surface area contributed by atoms with Crippen molar-refractivity contribution in [2.24, 2.45) is 0 Å². The van der Waals surface area contributed by atoms with Crippen LogP contribution in [0.3, 0.4) is 0 Å². The summed E-state index contributed by atoms with van der Waals surface area (Å²) in [6.45, 7) is 1.30. The summed E-state index contributed by atoms with van der Waals surface area (Å²) in [7, 11) is 0. The molecule has 1 heterocycles. The van der Waals surface area contributed by atoms with Crippen molar-refractivity contribution in [3.63, 3.8) is 0 Å². The van der Waals surface area contributed by atoms with E-state index in [0.717, 1.165) is 76.2 Å². The van der Waals surface area contributed by atoms with Crippen LogP contribution in [-0.4, -0.2) is 30.1 Å². The predicted molar refractivity (Wildman–Crippen MR) is 117 cm³/mol. The molecule has 5 nitrogen and oxygen atoms in total. The minimum Gasteiger partial charge on any atom is -0.466 e. The molecule has 30 heavy (non-hydrogen) atoms. The number of amides is 1. The second-order valence-electron chi connectivity index (χ2n) is 7.74. The lowest BCUT2D eigenvalue weighted by molar-refractivity contribution is -0.143. The van der Waals surface area contributed by atoms with Crippen molar-refractivity contribution >= 4 is 12.1 Å².